The molecule has 0 rings (SSSR count). The van der Waals surface area contributed by atoms with E-state index in [4.69, 9.17) is 0 Å². The molecule has 0 heterocycles. The molecule has 0 amide bonds. The summed E-state index contributed by atoms with van der Waals surface area (Å²) in [5.74, 6) is -7.28. The summed E-state index contributed by atoms with van der Waals surface area (Å²) >= 11 is 0. The zero-order chi connectivity index (χ0) is 18.9. The number of esters is 1. The van der Waals surface area contributed by atoms with Gasteiger partial charge in [-0.15, -0.1) is 0 Å². The molecule has 0 aliphatic rings. The lowest BCUT2D eigenvalue weighted by Gasteiger charge is -2.20. The van der Waals surface area contributed by atoms with E-state index in [9.17, 15) is 57.9 Å². The van der Waals surface area contributed by atoms with Crippen LogP contribution in [0.4, 0.5) is 26.3 Å². The van der Waals surface area contributed by atoms with Gasteiger partial charge in [0.1, 0.15) is 5.75 Å². The Morgan fingerprint density at radius 2 is 1.39 bits per heavy atom. The molecule has 23 heavy (non-hydrogen) atoms. The van der Waals surface area contributed by atoms with Crippen molar-refractivity contribution in [3.8, 4) is 0 Å². The number of carbonyl (C=O) groups is 2. The number of alkyl halides is 6. The number of halogens is 6. The number of carbonyl (C=O) groups excluding carboxylic acids is 2. The Morgan fingerprint density at radius 3 is 1.70 bits per heavy atom. The van der Waals surface area contributed by atoms with Gasteiger partial charge >= 0.3 is 17.0 Å². The fourth-order valence-corrected chi connectivity index (χ4v) is 3.32. The van der Waals surface area contributed by atoms with Gasteiger partial charge in [-0.05, 0) is 0 Å². The molecule has 0 aliphatic carbocycles. The Kier molecular flexibility index (Phi) is 6.05. The summed E-state index contributed by atoms with van der Waals surface area (Å²) in [6.45, 7) is 0. The van der Waals surface area contributed by atoms with Crippen LogP contribution in [0.1, 0.15) is 6.42 Å². The number of carboxylic acid groups (broad SMARTS) is 1. The van der Waals surface area contributed by atoms with Crippen molar-refractivity contribution in [2.75, 3.05) is 5.75 Å². The first-order valence-electron chi connectivity index (χ1n) is 4.90. The molecule has 0 spiro atoms. The van der Waals surface area contributed by atoms with Crippen LogP contribution in [0.25, 0.3) is 0 Å². The van der Waals surface area contributed by atoms with E-state index in [1.165, 1.54) is 0 Å². The van der Waals surface area contributed by atoms with Gasteiger partial charge in [0.15, 0.2) is 0 Å². The van der Waals surface area contributed by atoms with Crippen LogP contribution in [-0.4, -0.2) is 51.0 Å². The molecule has 0 aromatic rings. The second-order valence-electron chi connectivity index (χ2n) is 3.69. The molecule has 1 unspecified atom stereocenters. The van der Waals surface area contributed by atoms with Crippen LogP contribution in [0.15, 0.2) is 0 Å². The van der Waals surface area contributed by atoms with Crippen molar-refractivity contribution in [3.63, 3.8) is 0 Å². The van der Waals surface area contributed by atoms with E-state index >= 15 is 0 Å². The van der Waals surface area contributed by atoms with Gasteiger partial charge in [-0.3, -0.25) is 4.79 Å². The smallest absolute Gasteiger partial charge is 0.501 e. The van der Waals surface area contributed by atoms with Gasteiger partial charge in [-0.2, -0.15) is 26.3 Å². The second kappa shape index (κ2) is 6.50. The van der Waals surface area contributed by atoms with Crippen LogP contribution in [-0.2, 0) is 34.0 Å². The molecule has 0 aromatic carbocycles. The molecule has 0 N–H and O–H groups in total. The Morgan fingerprint density at radius 1 is 0.957 bits per heavy atom. The summed E-state index contributed by atoms with van der Waals surface area (Å²) in [6, 6.07) is 0. The molecule has 0 saturated carbocycles. The van der Waals surface area contributed by atoms with Crippen molar-refractivity contribution >= 4 is 31.6 Å². The Balaban J connectivity index is 5.77. The average molecular weight is 395 g/mol. The molecule has 0 fully saturated rings. The minimum atomic E-state index is -6.70. The number of rotatable bonds is 6. The van der Waals surface area contributed by atoms with E-state index in [-0.39, 0.29) is 0 Å². The molecule has 0 aromatic heterocycles. The normalized spacial score (nSPS) is 15.0. The summed E-state index contributed by atoms with van der Waals surface area (Å²) in [6.07, 6.45) is -1.81. The van der Waals surface area contributed by atoms with Crippen LogP contribution < -0.4 is 5.11 Å². The highest BCUT2D eigenvalue weighted by molar-refractivity contribution is 7.96. The van der Waals surface area contributed by atoms with Gasteiger partial charge < -0.3 is 14.6 Å². The lowest BCUT2D eigenvalue weighted by atomic mass is 10.4. The predicted octanol–water partition coefficient (Wildman–Crippen LogP) is -1.14. The number of carboxylic acids is 1. The van der Waals surface area contributed by atoms with Gasteiger partial charge in [-0.25, -0.2) is 16.8 Å². The minimum Gasteiger partial charge on any atom is -0.550 e. The van der Waals surface area contributed by atoms with Crippen LogP contribution in [0, 0.1) is 0 Å². The molecule has 0 saturated heterocycles. The van der Waals surface area contributed by atoms with E-state index < -0.39 is 60.2 Å². The fourth-order valence-electron chi connectivity index (χ4n) is 0.916. The van der Waals surface area contributed by atoms with E-state index in [1.807, 2.05) is 0 Å². The van der Waals surface area contributed by atoms with E-state index in [0.717, 1.165) is 0 Å². The summed E-state index contributed by atoms with van der Waals surface area (Å²) < 4.78 is 120. The molecule has 8 nitrogen and oxygen atoms in total. The monoisotopic (exact) mass is 395 g/mol. The van der Waals surface area contributed by atoms with Gasteiger partial charge in [0, 0.05) is 0 Å². The average Bonchev–Trinajstić information content (AvgIpc) is 2.22. The minimum absolute atomic E-state index is 1.81. The zero-order valence-corrected chi connectivity index (χ0v) is 12.0. The van der Waals surface area contributed by atoms with Gasteiger partial charge in [0.2, 0.25) is 5.44 Å². The highest BCUT2D eigenvalue weighted by atomic mass is 32.2. The highest BCUT2D eigenvalue weighted by Gasteiger charge is 2.57. The van der Waals surface area contributed by atoms with Crippen molar-refractivity contribution in [2.24, 2.45) is 0 Å². The van der Waals surface area contributed by atoms with Crippen LogP contribution in [0.5, 0.6) is 0 Å². The SMILES string of the molecule is O=C([O-])CC(=O)OC(CS(=O)(=O)C(F)(F)F)S(=O)(=O)C(F)(F)F. The number of hydrogen-bond donors (Lipinski definition) is 0. The standard InChI is InChI=1S/C7H6F6O8S2/c8-6(9,10)22(17,18)2-5(21-4(16)1-3(14)15)23(19,20)7(11,12)13/h5H,1-2H2,(H,14,15)/p-1. The van der Waals surface area contributed by atoms with Gasteiger partial charge in [0.05, 0.1) is 12.4 Å². The molecular weight excluding hydrogens is 390 g/mol. The van der Waals surface area contributed by atoms with Crippen LogP contribution in [0.3, 0.4) is 0 Å². The largest absolute Gasteiger partial charge is 0.550 e. The Labute approximate surface area is 123 Å². The molecule has 0 aliphatic heterocycles. The third kappa shape index (κ3) is 5.52. The molecule has 0 bridgehead atoms. The third-order valence-corrected chi connectivity index (χ3v) is 5.19. The molecule has 1 atom stereocenters. The number of hydrogen-bond acceptors (Lipinski definition) is 8. The summed E-state index contributed by atoms with van der Waals surface area (Å²) in [5, 5.41) is 10.0. The first-order valence-corrected chi connectivity index (χ1v) is 8.10. The number of ether oxygens (including phenoxy) is 1. The van der Waals surface area contributed by atoms with Crippen molar-refractivity contribution in [2.45, 2.75) is 22.9 Å². The predicted molar refractivity (Wildman–Crippen MR) is 54.3 cm³/mol. The van der Waals surface area contributed by atoms with Crippen LogP contribution in [0.2, 0.25) is 0 Å². The maximum Gasteiger partial charge on any atom is 0.501 e. The first kappa shape index (κ1) is 21.4. The maximum absolute atomic E-state index is 12.3. The molecule has 136 valence electrons. The van der Waals surface area contributed by atoms with Gasteiger partial charge in [-0.1, -0.05) is 0 Å². The summed E-state index contributed by atoms with van der Waals surface area (Å²) in [7, 11) is -13.1. The molecule has 16 heteroatoms. The second-order valence-corrected chi connectivity index (χ2v) is 7.79. The Hall–Kier alpha value is -1.58. The van der Waals surface area contributed by atoms with Crippen molar-refractivity contribution in [1.29, 1.82) is 0 Å². The molecule has 0 radical (unpaired) electrons. The van der Waals surface area contributed by atoms with Gasteiger partial charge in [0.25, 0.3) is 19.7 Å². The topological polar surface area (TPSA) is 135 Å². The molecular formula is C7H5F6O8S2-. The first-order chi connectivity index (χ1) is 9.92. The number of sulfone groups is 2. The van der Waals surface area contributed by atoms with E-state index in [0.29, 0.717) is 0 Å². The van der Waals surface area contributed by atoms with Crippen LogP contribution >= 0.6 is 0 Å². The summed E-state index contributed by atoms with van der Waals surface area (Å²) in [5.41, 5.74) is -16.2. The van der Waals surface area contributed by atoms with Crippen molar-refractivity contribution in [3.05, 3.63) is 0 Å². The van der Waals surface area contributed by atoms with E-state index in [2.05, 4.69) is 4.74 Å². The lowest BCUT2D eigenvalue weighted by molar-refractivity contribution is -0.305. The zero-order valence-electron chi connectivity index (χ0n) is 10.3. The highest BCUT2D eigenvalue weighted by Crippen LogP contribution is 2.32. The quantitative estimate of drug-likeness (QED) is 0.313. The third-order valence-electron chi connectivity index (χ3n) is 1.93. The maximum atomic E-state index is 12.3. The summed E-state index contributed by atoms with van der Waals surface area (Å²) in [4.78, 5) is 20.8. The van der Waals surface area contributed by atoms with Crippen molar-refractivity contribution in [1.82, 2.24) is 0 Å². The number of aliphatic carboxylic acids is 1. The Bertz CT molecular complexity index is 673. The lowest BCUT2D eigenvalue weighted by Crippen LogP contribution is -2.44. The van der Waals surface area contributed by atoms with E-state index in [1.54, 1.807) is 0 Å². The van der Waals surface area contributed by atoms with Crippen molar-refractivity contribution < 1.29 is 62.6 Å². The fraction of sp³-hybridized carbons (Fsp3) is 0.714.